The van der Waals surface area contributed by atoms with E-state index < -0.39 is 10.9 Å². The number of hydrogen-bond donors (Lipinski definition) is 0. The minimum Gasteiger partial charge on any atom is -0.465 e. The summed E-state index contributed by atoms with van der Waals surface area (Å²) in [6, 6.07) is 4.47. The topological polar surface area (TPSA) is 75.9 Å². The highest BCUT2D eigenvalue weighted by molar-refractivity contribution is 5.91. The summed E-state index contributed by atoms with van der Waals surface area (Å²) in [6.07, 6.45) is 0. The number of esters is 1. The minimum absolute atomic E-state index is 0.0130. The molecule has 1 aromatic rings. The van der Waals surface area contributed by atoms with E-state index in [0.717, 1.165) is 13.1 Å². The van der Waals surface area contributed by atoms with E-state index in [4.69, 9.17) is 0 Å². The van der Waals surface area contributed by atoms with Crippen LogP contribution in [-0.2, 0) is 4.74 Å². The fraction of sp³-hybridized carbons (Fsp3) is 0.500. The molecule has 0 spiro atoms. The molecule has 1 saturated heterocycles. The molecule has 0 saturated carbocycles. The molecule has 1 unspecified atom stereocenters. The van der Waals surface area contributed by atoms with E-state index >= 15 is 0 Å². The summed E-state index contributed by atoms with van der Waals surface area (Å²) >= 11 is 0. The van der Waals surface area contributed by atoms with Crippen molar-refractivity contribution in [2.45, 2.75) is 13.0 Å². The highest BCUT2D eigenvalue weighted by Crippen LogP contribution is 2.32. The average Bonchev–Trinajstić information content (AvgIpc) is 2.45. The van der Waals surface area contributed by atoms with Crippen molar-refractivity contribution in [2.24, 2.45) is 0 Å². The van der Waals surface area contributed by atoms with Crippen LogP contribution in [0.1, 0.15) is 17.3 Å². The maximum atomic E-state index is 11.6. The highest BCUT2D eigenvalue weighted by atomic mass is 16.6. The van der Waals surface area contributed by atoms with Crippen LogP contribution in [0.25, 0.3) is 0 Å². The number of anilines is 1. The van der Waals surface area contributed by atoms with E-state index in [0.29, 0.717) is 17.8 Å². The van der Waals surface area contributed by atoms with Crippen LogP contribution in [0.2, 0.25) is 0 Å². The molecule has 1 aliphatic rings. The van der Waals surface area contributed by atoms with Gasteiger partial charge in [-0.25, -0.2) is 4.79 Å². The maximum absolute atomic E-state index is 11.6. The van der Waals surface area contributed by atoms with Crippen LogP contribution in [0.5, 0.6) is 0 Å². The van der Waals surface area contributed by atoms with Gasteiger partial charge >= 0.3 is 5.97 Å². The first-order chi connectivity index (χ1) is 9.93. The number of carbonyl (C=O) groups is 1. The van der Waals surface area contributed by atoms with Gasteiger partial charge in [-0.1, -0.05) is 0 Å². The van der Waals surface area contributed by atoms with E-state index in [-0.39, 0.29) is 11.7 Å². The van der Waals surface area contributed by atoms with Crippen molar-refractivity contribution in [1.82, 2.24) is 4.90 Å². The van der Waals surface area contributed by atoms with Crippen molar-refractivity contribution >= 4 is 17.3 Å². The molecule has 7 heteroatoms. The molecule has 114 valence electrons. The fourth-order valence-corrected chi connectivity index (χ4v) is 2.65. The van der Waals surface area contributed by atoms with E-state index in [1.807, 2.05) is 18.9 Å². The Morgan fingerprint density at radius 3 is 2.71 bits per heavy atom. The SMILES string of the molecule is COC(=O)c1ccc([N+](=O)[O-])c(N2CCN(C)CC2C)c1. The lowest BCUT2D eigenvalue weighted by Gasteiger charge is -2.39. The minimum atomic E-state index is -0.493. The molecule has 7 nitrogen and oxygen atoms in total. The van der Waals surface area contributed by atoms with E-state index in [1.54, 1.807) is 6.07 Å². The van der Waals surface area contributed by atoms with Crippen molar-refractivity contribution in [2.75, 3.05) is 38.7 Å². The van der Waals surface area contributed by atoms with Gasteiger partial charge in [-0.05, 0) is 26.1 Å². The number of hydrogen-bond acceptors (Lipinski definition) is 6. The third-order valence-electron chi connectivity index (χ3n) is 3.73. The Morgan fingerprint density at radius 1 is 1.43 bits per heavy atom. The van der Waals surface area contributed by atoms with Gasteiger partial charge in [0, 0.05) is 31.7 Å². The Hall–Kier alpha value is -2.15. The number of piperazine rings is 1. The van der Waals surface area contributed by atoms with Gasteiger partial charge in [0.05, 0.1) is 17.6 Å². The lowest BCUT2D eigenvalue weighted by Crippen LogP contribution is -2.50. The number of likely N-dealkylation sites (N-methyl/N-ethyl adjacent to an activating group) is 1. The maximum Gasteiger partial charge on any atom is 0.337 e. The summed E-state index contributed by atoms with van der Waals surface area (Å²) < 4.78 is 4.69. The van der Waals surface area contributed by atoms with Crippen LogP contribution in [0.15, 0.2) is 18.2 Å². The molecule has 1 atom stereocenters. The lowest BCUT2D eigenvalue weighted by atomic mass is 10.1. The van der Waals surface area contributed by atoms with Crippen LogP contribution in [0.4, 0.5) is 11.4 Å². The molecule has 0 amide bonds. The van der Waals surface area contributed by atoms with Crippen LogP contribution in [0, 0.1) is 10.1 Å². The molecular weight excluding hydrogens is 274 g/mol. The second-order valence-corrected chi connectivity index (χ2v) is 5.26. The number of rotatable bonds is 3. The molecule has 1 aliphatic heterocycles. The van der Waals surface area contributed by atoms with Crippen LogP contribution in [0.3, 0.4) is 0 Å². The van der Waals surface area contributed by atoms with Gasteiger partial charge in [0.25, 0.3) is 5.69 Å². The number of carbonyl (C=O) groups excluding carboxylic acids is 1. The Kier molecular flexibility index (Phi) is 4.42. The number of nitrogens with zero attached hydrogens (tertiary/aromatic N) is 3. The molecular formula is C14H19N3O4. The third-order valence-corrected chi connectivity index (χ3v) is 3.73. The first-order valence-corrected chi connectivity index (χ1v) is 6.76. The summed E-state index contributed by atoms with van der Waals surface area (Å²) in [7, 11) is 3.31. The van der Waals surface area contributed by atoms with Gasteiger partial charge in [-0.2, -0.15) is 0 Å². The molecule has 0 radical (unpaired) electrons. The molecule has 21 heavy (non-hydrogen) atoms. The number of methoxy groups -OCH3 is 1. The molecule has 0 aromatic heterocycles. The normalized spacial score (nSPS) is 19.4. The number of ether oxygens (including phenoxy) is 1. The lowest BCUT2D eigenvalue weighted by molar-refractivity contribution is -0.384. The smallest absolute Gasteiger partial charge is 0.337 e. The van der Waals surface area contributed by atoms with Gasteiger partial charge in [0.15, 0.2) is 0 Å². The first kappa shape index (κ1) is 15.2. The predicted octanol–water partition coefficient (Wildman–Crippen LogP) is 1.52. The Bertz CT molecular complexity index is 561. The quantitative estimate of drug-likeness (QED) is 0.478. The molecule has 0 aliphatic carbocycles. The molecule has 1 fully saturated rings. The summed E-state index contributed by atoms with van der Waals surface area (Å²) in [5, 5.41) is 11.2. The highest BCUT2D eigenvalue weighted by Gasteiger charge is 2.28. The summed E-state index contributed by atoms with van der Waals surface area (Å²) in [5.74, 6) is -0.493. The summed E-state index contributed by atoms with van der Waals surface area (Å²) in [5.41, 5.74) is 0.812. The second kappa shape index (κ2) is 6.09. The third kappa shape index (κ3) is 3.13. The van der Waals surface area contributed by atoms with Crippen molar-refractivity contribution in [3.05, 3.63) is 33.9 Å². The van der Waals surface area contributed by atoms with Crippen LogP contribution >= 0.6 is 0 Å². The molecule has 0 N–H and O–H groups in total. The zero-order valence-electron chi connectivity index (χ0n) is 12.4. The van der Waals surface area contributed by atoms with Crippen molar-refractivity contribution in [1.29, 1.82) is 0 Å². The fourth-order valence-electron chi connectivity index (χ4n) is 2.65. The Balaban J connectivity index is 2.43. The van der Waals surface area contributed by atoms with Crippen molar-refractivity contribution in [3.8, 4) is 0 Å². The van der Waals surface area contributed by atoms with E-state index in [2.05, 4.69) is 9.64 Å². The molecule has 1 heterocycles. The summed E-state index contributed by atoms with van der Waals surface area (Å²) in [6.45, 7) is 4.34. The van der Waals surface area contributed by atoms with E-state index in [1.165, 1.54) is 19.2 Å². The van der Waals surface area contributed by atoms with Crippen LogP contribution < -0.4 is 4.90 Å². The zero-order chi connectivity index (χ0) is 15.6. The number of nitro benzene ring substituents is 1. The Labute approximate surface area is 123 Å². The molecule has 2 rings (SSSR count). The average molecular weight is 293 g/mol. The monoisotopic (exact) mass is 293 g/mol. The van der Waals surface area contributed by atoms with Crippen molar-refractivity contribution in [3.63, 3.8) is 0 Å². The van der Waals surface area contributed by atoms with Gasteiger partial charge in [-0.3, -0.25) is 10.1 Å². The number of nitro groups is 1. The largest absolute Gasteiger partial charge is 0.465 e. The standard InChI is InChI=1S/C14H19N3O4/c1-10-9-15(2)6-7-16(10)13-8-11(14(18)21-3)4-5-12(13)17(19)20/h4-5,8,10H,6-7,9H2,1-3H3. The molecule has 1 aromatic carbocycles. The van der Waals surface area contributed by atoms with Crippen molar-refractivity contribution < 1.29 is 14.5 Å². The van der Waals surface area contributed by atoms with Gasteiger partial charge in [0.1, 0.15) is 5.69 Å². The number of benzene rings is 1. The Morgan fingerprint density at radius 2 is 2.14 bits per heavy atom. The summed E-state index contributed by atoms with van der Waals surface area (Å²) in [4.78, 5) is 26.6. The second-order valence-electron chi connectivity index (χ2n) is 5.26. The van der Waals surface area contributed by atoms with E-state index in [9.17, 15) is 14.9 Å². The zero-order valence-corrected chi connectivity index (χ0v) is 12.4. The predicted molar refractivity (Wildman–Crippen MR) is 78.7 cm³/mol. The van der Waals surface area contributed by atoms with Gasteiger partial charge < -0.3 is 14.5 Å². The van der Waals surface area contributed by atoms with Gasteiger partial charge in [-0.15, -0.1) is 0 Å². The molecule has 0 bridgehead atoms. The first-order valence-electron chi connectivity index (χ1n) is 6.76. The van der Waals surface area contributed by atoms with Crippen LogP contribution in [-0.4, -0.2) is 55.6 Å². The van der Waals surface area contributed by atoms with Gasteiger partial charge in [0.2, 0.25) is 0 Å².